The van der Waals surface area contributed by atoms with Gasteiger partial charge in [-0.05, 0) is 22.9 Å². The third kappa shape index (κ3) is 3.77. The van der Waals surface area contributed by atoms with Gasteiger partial charge in [0.2, 0.25) is 0 Å². The van der Waals surface area contributed by atoms with Crippen molar-refractivity contribution in [3.8, 4) is 0 Å². The normalized spacial score (nSPS) is 13.4. The number of benzene rings is 1. The lowest BCUT2D eigenvalue weighted by Crippen LogP contribution is -2.30. The zero-order chi connectivity index (χ0) is 15.6. The number of nitrogens with two attached hydrogens (primary N) is 1. The highest BCUT2D eigenvalue weighted by Gasteiger charge is 2.33. The summed E-state index contributed by atoms with van der Waals surface area (Å²) in [6.45, 7) is 0. The number of halogens is 4. The molecule has 0 bridgehead atoms. The summed E-state index contributed by atoms with van der Waals surface area (Å²) < 4.78 is 38.7. The van der Waals surface area contributed by atoms with Crippen molar-refractivity contribution in [3.63, 3.8) is 0 Å². The largest absolute Gasteiger partial charge is 0.417 e. The van der Waals surface area contributed by atoms with Gasteiger partial charge in [0, 0.05) is 10.9 Å². The highest BCUT2D eigenvalue weighted by Crippen LogP contribution is 2.36. The van der Waals surface area contributed by atoms with Crippen molar-refractivity contribution in [2.45, 2.75) is 18.6 Å². The van der Waals surface area contributed by atoms with Gasteiger partial charge in [-0.2, -0.15) is 18.0 Å². The van der Waals surface area contributed by atoms with Crippen molar-refractivity contribution in [1.29, 1.82) is 0 Å². The molecule has 2 aromatic rings. The predicted molar refractivity (Wildman–Crippen MR) is 71.7 cm³/mol. The lowest BCUT2D eigenvalue weighted by Gasteiger charge is -2.17. The third-order valence-corrected chi connectivity index (χ3v) is 3.53. The Morgan fingerprint density at radius 1 is 1.43 bits per heavy atom. The highest BCUT2D eigenvalue weighted by molar-refractivity contribution is 9.10. The molecule has 0 saturated carbocycles. The maximum atomic E-state index is 12.9. The second-order valence-electron chi connectivity index (χ2n) is 4.36. The molecule has 10 heteroatoms. The maximum Gasteiger partial charge on any atom is 0.417 e. The average molecular weight is 365 g/mol. The fourth-order valence-electron chi connectivity index (χ4n) is 1.84. The van der Waals surface area contributed by atoms with Crippen molar-refractivity contribution in [2.24, 2.45) is 12.9 Å². The number of hydrogen-bond donors (Lipinski definition) is 2. The van der Waals surface area contributed by atoms with Gasteiger partial charge < -0.3 is 0 Å². The Morgan fingerprint density at radius 3 is 2.67 bits per heavy atom. The summed E-state index contributed by atoms with van der Waals surface area (Å²) in [7, 11) is 1.60. The fourth-order valence-corrected chi connectivity index (χ4v) is 2.31. The van der Waals surface area contributed by atoms with Gasteiger partial charge >= 0.3 is 6.18 Å². The number of nitrogens with zero attached hydrogens (tertiary/aromatic N) is 4. The Labute approximate surface area is 126 Å². The van der Waals surface area contributed by atoms with E-state index in [0.29, 0.717) is 11.4 Å². The van der Waals surface area contributed by atoms with Crippen LogP contribution < -0.4 is 11.3 Å². The van der Waals surface area contributed by atoms with Crippen molar-refractivity contribution in [1.82, 2.24) is 25.6 Å². The van der Waals surface area contributed by atoms with Crippen molar-refractivity contribution >= 4 is 15.9 Å². The second kappa shape index (κ2) is 6.08. The summed E-state index contributed by atoms with van der Waals surface area (Å²) in [5.74, 6) is 5.82. The molecule has 21 heavy (non-hydrogen) atoms. The van der Waals surface area contributed by atoms with Crippen LogP contribution in [0, 0.1) is 0 Å². The molecule has 0 aliphatic rings. The molecule has 0 amide bonds. The molecule has 0 aliphatic heterocycles. The van der Waals surface area contributed by atoms with Crippen LogP contribution in [0.2, 0.25) is 0 Å². The molecule has 0 spiro atoms. The zero-order valence-electron chi connectivity index (χ0n) is 10.9. The molecule has 1 aromatic carbocycles. The Morgan fingerprint density at radius 2 is 2.14 bits per heavy atom. The Hall–Kier alpha value is -1.52. The summed E-state index contributed by atoms with van der Waals surface area (Å²) in [6.07, 6.45) is -4.22. The van der Waals surface area contributed by atoms with Crippen LogP contribution in [0.3, 0.4) is 0 Å². The highest BCUT2D eigenvalue weighted by atomic mass is 79.9. The first-order valence-electron chi connectivity index (χ1n) is 5.87. The first-order valence-corrected chi connectivity index (χ1v) is 6.66. The average Bonchev–Trinajstić information content (AvgIpc) is 2.81. The van der Waals surface area contributed by atoms with Crippen LogP contribution in [0.4, 0.5) is 13.2 Å². The quantitative estimate of drug-likeness (QED) is 0.637. The van der Waals surface area contributed by atoms with Gasteiger partial charge in [0.15, 0.2) is 5.82 Å². The number of nitrogens with one attached hydrogen (secondary N) is 1. The first-order chi connectivity index (χ1) is 9.81. The van der Waals surface area contributed by atoms with Gasteiger partial charge in [0.25, 0.3) is 0 Å². The molecule has 1 aromatic heterocycles. The van der Waals surface area contributed by atoms with E-state index in [-0.39, 0.29) is 10.9 Å². The van der Waals surface area contributed by atoms with Gasteiger partial charge in [-0.1, -0.05) is 22.0 Å². The van der Waals surface area contributed by atoms with E-state index in [1.165, 1.54) is 10.9 Å². The maximum absolute atomic E-state index is 12.9. The number of aromatic nitrogens is 4. The number of alkyl halides is 3. The lowest BCUT2D eigenvalue weighted by atomic mass is 10.0. The van der Waals surface area contributed by atoms with Crippen LogP contribution >= 0.6 is 15.9 Å². The summed E-state index contributed by atoms with van der Waals surface area (Å²) in [4.78, 5) is 1.27. The molecule has 0 radical (unpaired) electrons. The first kappa shape index (κ1) is 15.9. The zero-order valence-corrected chi connectivity index (χ0v) is 12.5. The lowest BCUT2D eigenvalue weighted by molar-refractivity contribution is -0.138. The van der Waals surface area contributed by atoms with Crippen LogP contribution in [0.25, 0.3) is 0 Å². The molecule has 114 valence electrons. The molecular weight excluding hydrogens is 353 g/mol. The summed E-state index contributed by atoms with van der Waals surface area (Å²) in [5, 5.41) is 11.4. The van der Waals surface area contributed by atoms with Crippen LogP contribution in [0.5, 0.6) is 0 Å². The summed E-state index contributed by atoms with van der Waals surface area (Å²) in [6, 6.07) is 3.39. The van der Waals surface area contributed by atoms with Gasteiger partial charge in [0.1, 0.15) is 0 Å². The van der Waals surface area contributed by atoms with Gasteiger partial charge in [-0.25, -0.2) is 0 Å². The molecule has 1 atom stereocenters. The molecule has 6 nitrogen and oxygen atoms in total. The number of hydrogen-bond acceptors (Lipinski definition) is 5. The van der Waals surface area contributed by atoms with Gasteiger partial charge in [-0.15, -0.1) is 10.2 Å². The molecule has 2 rings (SSSR count). The Balaban J connectivity index is 2.30. The standard InChI is InChI=1S/C11H12BrF3N6/c1-21-19-10(18-20-21)5-9(17-16)6-2-3-8(12)7(4-6)11(13,14)15/h2-4,9,17H,5,16H2,1H3. The van der Waals surface area contributed by atoms with E-state index in [1.807, 2.05) is 0 Å². The van der Waals surface area contributed by atoms with E-state index < -0.39 is 17.8 Å². The third-order valence-electron chi connectivity index (χ3n) is 2.84. The van der Waals surface area contributed by atoms with E-state index in [9.17, 15) is 13.2 Å². The Kier molecular flexibility index (Phi) is 4.59. The van der Waals surface area contributed by atoms with E-state index in [2.05, 4.69) is 36.8 Å². The fraction of sp³-hybridized carbons (Fsp3) is 0.364. The molecule has 0 aliphatic carbocycles. The number of tetrazole rings is 1. The van der Waals surface area contributed by atoms with Gasteiger partial charge in [-0.3, -0.25) is 11.3 Å². The van der Waals surface area contributed by atoms with Crippen LogP contribution in [0.15, 0.2) is 22.7 Å². The van der Waals surface area contributed by atoms with E-state index >= 15 is 0 Å². The van der Waals surface area contributed by atoms with Crippen molar-refractivity contribution in [3.05, 3.63) is 39.6 Å². The van der Waals surface area contributed by atoms with Gasteiger partial charge in [0.05, 0.1) is 18.7 Å². The molecular formula is C11H12BrF3N6. The van der Waals surface area contributed by atoms with Crippen LogP contribution in [-0.4, -0.2) is 20.2 Å². The minimum absolute atomic E-state index is 0.0212. The monoisotopic (exact) mass is 364 g/mol. The predicted octanol–water partition coefficient (Wildman–Crippen LogP) is 1.74. The second-order valence-corrected chi connectivity index (χ2v) is 5.21. The smallest absolute Gasteiger partial charge is 0.271 e. The molecule has 0 saturated heterocycles. The van der Waals surface area contributed by atoms with E-state index in [1.54, 1.807) is 13.1 Å². The number of aryl methyl sites for hydroxylation is 1. The molecule has 1 heterocycles. The SMILES string of the molecule is Cn1nnc(CC(NN)c2ccc(Br)c(C(F)(F)F)c2)n1. The number of hydrazine groups is 1. The minimum atomic E-state index is -4.45. The molecule has 0 fully saturated rings. The van der Waals surface area contributed by atoms with E-state index in [0.717, 1.165) is 6.07 Å². The van der Waals surface area contributed by atoms with Crippen molar-refractivity contribution in [2.75, 3.05) is 0 Å². The number of rotatable bonds is 4. The van der Waals surface area contributed by atoms with Crippen molar-refractivity contribution < 1.29 is 13.2 Å². The Bertz CT molecular complexity index is 627. The molecule has 3 N–H and O–H groups in total. The van der Waals surface area contributed by atoms with E-state index in [4.69, 9.17) is 5.84 Å². The summed E-state index contributed by atoms with van der Waals surface area (Å²) >= 11 is 2.90. The topological polar surface area (TPSA) is 81.7 Å². The van der Waals surface area contributed by atoms with Crippen LogP contribution in [-0.2, 0) is 19.6 Å². The molecule has 1 unspecified atom stereocenters. The minimum Gasteiger partial charge on any atom is -0.271 e. The van der Waals surface area contributed by atoms with Crippen LogP contribution in [0.1, 0.15) is 23.0 Å². The summed E-state index contributed by atoms with van der Waals surface area (Å²) in [5.41, 5.74) is 2.11.